The number of unbranched alkanes of at least 4 members (excludes halogenated alkanes) is 2. The van der Waals surface area contributed by atoms with Crippen LogP contribution in [0, 0.1) is 5.92 Å². The summed E-state index contributed by atoms with van der Waals surface area (Å²) < 4.78 is 13.4. The molecule has 3 atom stereocenters. The van der Waals surface area contributed by atoms with Gasteiger partial charge >= 0.3 is 0 Å². The highest BCUT2D eigenvalue weighted by molar-refractivity contribution is 6.74. The van der Waals surface area contributed by atoms with Crippen LogP contribution in [0.5, 0.6) is 0 Å². The van der Waals surface area contributed by atoms with Crippen LogP contribution in [0.4, 0.5) is 0 Å². The second-order valence-electron chi connectivity index (χ2n) is 12.2. The second kappa shape index (κ2) is 10.5. The highest BCUT2D eigenvalue weighted by Crippen LogP contribution is 2.41. The van der Waals surface area contributed by atoms with Crippen LogP contribution in [-0.2, 0) is 8.85 Å². The summed E-state index contributed by atoms with van der Waals surface area (Å²) >= 11 is 0. The largest absolute Gasteiger partial charge is 0.513 e. The van der Waals surface area contributed by atoms with Gasteiger partial charge in [-0.2, -0.15) is 0 Å². The fourth-order valence-corrected chi connectivity index (χ4v) is 5.85. The van der Waals surface area contributed by atoms with E-state index in [-0.39, 0.29) is 28.2 Å². The summed E-state index contributed by atoms with van der Waals surface area (Å²) in [6.45, 7) is 25.2. The van der Waals surface area contributed by atoms with Crippen molar-refractivity contribution in [2.45, 2.75) is 129 Å². The molecule has 0 bridgehead atoms. The fraction of sp³-hybridized carbons (Fsp3) is 0.840. The monoisotopic (exact) mass is 454 g/mol. The number of hydrogen-bond acceptors (Lipinski definition) is 3. The highest BCUT2D eigenvalue weighted by atomic mass is 28.4. The van der Waals surface area contributed by atoms with Gasteiger partial charge in [0.25, 0.3) is 0 Å². The van der Waals surface area contributed by atoms with Gasteiger partial charge in [0.15, 0.2) is 16.6 Å². The summed E-state index contributed by atoms with van der Waals surface area (Å²) in [5.74, 6) is 0.581. The predicted octanol–water partition coefficient (Wildman–Crippen LogP) is 8.37. The zero-order valence-electron chi connectivity index (χ0n) is 21.8. The lowest BCUT2D eigenvalue weighted by atomic mass is 10.0. The SMILES string of the molecule is CCCCC[C@@H](/C=C/[C@@H]1C=C(O)C[C@H]1O[Si](C)(C)C(C)(C)C)O[Si](C)(C)C(C)(C)C. The van der Waals surface area contributed by atoms with Gasteiger partial charge in [0.1, 0.15) is 0 Å². The minimum atomic E-state index is -1.89. The van der Waals surface area contributed by atoms with Crippen LogP contribution in [0.1, 0.15) is 80.6 Å². The van der Waals surface area contributed by atoms with Crippen molar-refractivity contribution in [2.75, 3.05) is 0 Å². The maximum Gasteiger partial charge on any atom is 0.192 e. The third-order valence-electron chi connectivity index (χ3n) is 7.37. The molecule has 30 heavy (non-hydrogen) atoms. The molecule has 0 aliphatic heterocycles. The van der Waals surface area contributed by atoms with Crippen LogP contribution in [0.15, 0.2) is 24.0 Å². The van der Waals surface area contributed by atoms with Gasteiger partial charge in [0.05, 0.1) is 18.0 Å². The number of aliphatic hydroxyl groups is 1. The Morgan fingerprint density at radius 1 is 1.03 bits per heavy atom. The molecule has 0 aromatic rings. The molecular formula is C25H50O3Si2. The Bertz CT molecular complexity index is 594. The Labute approximate surface area is 189 Å². The third-order valence-corrected chi connectivity index (χ3v) is 16.4. The smallest absolute Gasteiger partial charge is 0.192 e. The van der Waals surface area contributed by atoms with Crippen molar-refractivity contribution in [2.24, 2.45) is 5.92 Å². The summed E-state index contributed by atoms with van der Waals surface area (Å²) in [5, 5.41) is 10.6. The molecule has 0 saturated carbocycles. The Kier molecular flexibility index (Phi) is 9.68. The van der Waals surface area contributed by atoms with E-state index in [0.29, 0.717) is 12.2 Å². The van der Waals surface area contributed by atoms with Crippen molar-refractivity contribution in [3.8, 4) is 0 Å². The summed E-state index contributed by atoms with van der Waals surface area (Å²) in [4.78, 5) is 0. The summed E-state index contributed by atoms with van der Waals surface area (Å²) in [7, 11) is -3.73. The Morgan fingerprint density at radius 3 is 2.10 bits per heavy atom. The topological polar surface area (TPSA) is 38.7 Å². The lowest BCUT2D eigenvalue weighted by Crippen LogP contribution is -2.45. The van der Waals surface area contributed by atoms with Crippen LogP contribution < -0.4 is 0 Å². The molecule has 1 aliphatic carbocycles. The zero-order chi connectivity index (χ0) is 23.4. The fourth-order valence-electron chi connectivity index (χ4n) is 3.19. The minimum Gasteiger partial charge on any atom is -0.513 e. The van der Waals surface area contributed by atoms with Gasteiger partial charge in [-0.1, -0.05) is 79.9 Å². The molecule has 1 rings (SSSR count). The number of aliphatic hydroxyl groups excluding tert-OH is 1. The van der Waals surface area contributed by atoms with Gasteiger partial charge < -0.3 is 14.0 Å². The van der Waals surface area contributed by atoms with E-state index >= 15 is 0 Å². The van der Waals surface area contributed by atoms with Gasteiger partial charge in [0.2, 0.25) is 0 Å². The van der Waals surface area contributed by atoms with E-state index < -0.39 is 16.6 Å². The van der Waals surface area contributed by atoms with Crippen molar-refractivity contribution >= 4 is 16.6 Å². The molecular weight excluding hydrogens is 404 g/mol. The first-order chi connectivity index (χ1) is 13.5. The van der Waals surface area contributed by atoms with Crippen molar-refractivity contribution in [1.29, 1.82) is 0 Å². The summed E-state index contributed by atoms with van der Waals surface area (Å²) in [6.07, 6.45) is 12.0. The van der Waals surface area contributed by atoms with E-state index in [9.17, 15) is 5.11 Å². The zero-order valence-corrected chi connectivity index (χ0v) is 23.8. The van der Waals surface area contributed by atoms with Crippen molar-refractivity contribution in [1.82, 2.24) is 0 Å². The molecule has 0 aromatic heterocycles. The first-order valence-corrected chi connectivity index (χ1v) is 17.8. The molecule has 0 amide bonds. The number of hydrogen-bond donors (Lipinski definition) is 1. The molecule has 176 valence electrons. The molecule has 0 radical (unpaired) electrons. The molecule has 0 aromatic carbocycles. The van der Waals surface area contributed by atoms with Crippen LogP contribution in [0.2, 0.25) is 36.3 Å². The maximum atomic E-state index is 10.2. The van der Waals surface area contributed by atoms with E-state index in [0.717, 1.165) is 6.42 Å². The van der Waals surface area contributed by atoms with E-state index in [4.69, 9.17) is 8.85 Å². The minimum absolute atomic E-state index is 0.0336. The van der Waals surface area contributed by atoms with Gasteiger partial charge in [-0.3, -0.25) is 0 Å². The Hall–Kier alpha value is -0.366. The van der Waals surface area contributed by atoms with Crippen molar-refractivity contribution < 1.29 is 14.0 Å². The van der Waals surface area contributed by atoms with Gasteiger partial charge in [0, 0.05) is 12.3 Å². The van der Waals surface area contributed by atoms with E-state index in [1.165, 1.54) is 19.3 Å². The normalized spacial score (nSPS) is 22.6. The molecule has 0 heterocycles. The third kappa shape index (κ3) is 7.96. The van der Waals surface area contributed by atoms with Gasteiger partial charge in [-0.15, -0.1) is 0 Å². The molecule has 5 heteroatoms. The predicted molar refractivity (Wildman–Crippen MR) is 136 cm³/mol. The molecule has 1 N–H and O–H groups in total. The number of rotatable bonds is 10. The highest BCUT2D eigenvalue weighted by Gasteiger charge is 2.42. The van der Waals surface area contributed by atoms with E-state index in [2.05, 4.69) is 86.8 Å². The van der Waals surface area contributed by atoms with Crippen molar-refractivity contribution in [3.63, 3.8) is 0 Å². The second-order valence-corrected chi connectivity index (χ2v) is 21.7. The summed E-state index contributed by atoms with van der Waals surface area (Å²) in [6, 6.07) is 0. The average Bonchev–Trinajstić information content (AvgIpc) is 2.89. The molecule has 0 fully saturated rings. The summed E-state index contributed by atoms with van der Waals surface area (Å²) in [5.41, 5.74) is 0. The van der Waals surface area contributed by atoms with E-state index in [1.54, 1.807) is 0 Å². The average molecular weight is 455 g/mol. The van der Waals surface area contributed by atoms with Crippen LogP contribution >= 0.6 is 0 Å². The van der Waals surface area contributed by atoms with E-state index in [1.807, 2.05) is 6.08 Å². The van der Waals surface area contributed by atoms with Crippen LogP contribution in [0.25, 0.3) is 0 Å². The molecule has 1 aliphatic rings. The van der Waals surface area contributed by atoms with Crippen molar-refractivity contribution in [3.05, 3.63) is 24.0 Å². The lowest BCUT2D eigenvalue weighted by Gasteiger charge is -2.40. The maximum absolute atomic E-state index is 10.2. The lowest BCUT2D eigenvalue weighted by molar-refractivity contribution is 0.157. The molecule has 3 nitrogen and oxygen atoms in total. The first kappa shape index (κ1) is 27.7. The molecule has 0 unspecified atom stereocenters. The molecule has 0 saturated heterocycles. The molecule has 0 spiro atoms. The Morgan fingerprint density at radius 2 is 1.60 bits per heavy atom. The van der Waals surface area contributed by atoms with Crippen LogP contribution in [-0.4, -0.2) is 33.9 Å². The van der Waals surface area contributed by atoms with Crippen LogP contribution in [0.3, 0.4) is 0 Å². The first-order valence-electron chi connectivity index (χ1n) is 11.9. The van der Waals surface area contributed by atoms with Gasteiger partial charge in [-0.25, -0.2) is 0 Å². The Balaban J connectivity index is 2.98. The van der Waals surface area contributed by atoms with Gasteiger partial charge in [-0.05, 0) is 48.8 Å². The quantitative estimate of drug-likeness (QED) is 0.205. The standard InChI is InChI=1S/C25H50O3Si2/c1-12-13-14-15-22(27-29(8,9)24(2,3)4)17-16-20-18-21(26)19-23(20)28-30(10,11)25(5,6)7/h16-18,20,22-23,26H,12-15,19H2,1-11H3/b17-16+/t20-,22+,23-/m1/s1.